The Kier molecular flexibility index (Phi) is 8.10. The van der Waals surface area contributed by atoms with E-state index in [0.29, 0.717) is 23.6 Å². The second-order valence-corrected chi connectivity index (χ2v) is 9.68. The molecule has 1 fully saturated rings. The first kappa shape index (κ1) is 26.6. The smallest absolute Gasteiger partial charge is 0.341 e. The minimum absolute atomic E-state index is 0.0995. The maximum Gasteiger partial charge on any atom is 0.341 e. The van der Waals surface area contributed by atoms with Crippen molar-refractivity contribution in [3.05, 3.63) is 95.3 Å². The first-order chi connectivity index (χ1) is 17.7. The van der Waals surface area contributed by atoms with Crippen LogP contribution in [0.2, 0.25) is 0 Å². The molecule has 7 heteroatoms. The maximum absolute atomic E-state index is 15.3. The lowest BCUT2D eigenvalue weighted by atomic mass is 9.78. The molecule has 194 valence electrons. The van der Waals surface area contributed by atoms with Crippen LogP contribution in [0.1, 0.15) is 54.4 Å². The van der Waals surface area contributed by atoms with Gasteiger partial charge in [-0.25, -0.2) is 26.7 Å². The van der Waals surface area contributed by atoms with Crippen molar-refractivity contribution in [3.63, 3.8) is 0 Å². The Labute approximate surface area is 212 Å². The van der Waals surface area contributed by atoms with Crippen LogP contribution in [0.5, 0.6) is 0 Å². The standard InChI is InChI=1S/C30H27F5O2/c1-2-3-17-4-6-18(7-5-17)8-9-19-10-12-20(13-11-19)22-16-23(31)27(30(36)37)29(35)26(22)21-14-24(32)28(34)25(33)15-21/h2,10-18H,1,3-9H2,(H,36,37)/t17-,18-. The van der Waals surface area contributed by atoms with Gasteiger partial charge in [0.25, 0.3) is 0 Å². The highest BCUT2D eigenvalue weighted by Gasteiger charge is 2.26. The number of benzene rings is 3. The first-order valence-electron chi connectivity index (χ1n) is 12.3. The highest BCUT2D eigenvalue weighted by atomic mass is 19.2. The van der Waals surface area contributed by atoms with E-state index in [1.807, 2.05) is 18.2 Å². The highest BCUT2D eigenvalue weighted by molar-refractivity contribution is 5.94. The van der Waals surface area contributed by atoms with Crippen LogP contribution in [-0.2, 0) is 6.42 Å². The average molecular weight is 515 g/mol. The zero-order valence-electron chi connectivity index (χ0n) is 20.2. The van der Waals surface area contributed by atoms with Gasteiger partial charge in [0.05, 0.1) is 0 Å². The van der Waals surface area contributed by atoms with E-state index >= 15 is 4.39 Å². The van der Waals surface area contributed by atoms with Crippen LogP contribution in [0.3, 0.4) is 0 Å². The number of rotatable bonds is 8. The van der Waals surface area contributed by atoms with Gasteiger partial charge in [-0.15, -0.1) is 6.58 Å². The second kappa shape index (κ2) is 11.3. The summed E-state index contributed by atoms with van der Waals surface area (Å²) >= 11 is 0. The van der Waals surface area contributed by atoms with Crippen molar-refractivity contribution in [2.45, 2.75) is 44.9 Å². The van der Waals surface area contributed by atoms with E-state index in [0.717, 1.165) is 36.8 Å². The first-order valence-corrected chi connectivity index (χ1v) is 12.3. The van der Waals surface area contributed by atoms with Gasteiger partial charge in [-0.2, -0.15) is 0 Å². The molecule has 2 nitrogen and oxygen atoms in total. The van der Waals surface area contributed by atoms with Crippen molar-refractivity contribution < 1.29 is 31.9 Å². The fourth-order valence-corrected chi connectivity index (χ4v) is 5.24. The molecule has 0 atom stereocenters. The van der Waals surface area contributed by atoms with Crippen LogP contribution in [0.25, 0.3) is 22.3 Å². The Hall–Kier alpha value is -3.48. The van der Waals surface area contributed by atoms with Crippen LogP contribution in [0.15, 0.2) is 55.1 Å². The van der Waals surface area contributed by atoms with Crippen molar-refractivity contribution in [1.82, 2.24) is 0 Å². The van der Waals surface area contributed by atoms with Gasteiger partial charge in [-0.05, 0) is 84.4 Å². The summed E-state index contributed by atoms with van der Waals surface area (Å²) in [6, 6.07) is 8.82. The largest absolute Gasteiger partial charge is 0.477 e. The summed E-state index contributed by atoms with van der Waals surface area (Å²) in [6.07, 6.45) is 9.66. The van der Waals surface area contributed by atoms with Gasteiger partial charge in [-0.3, -0.25) is 0 Å². The minimum atomic E-state index is -1.88. The normalized spacial score (nSPS) is 17.5. The molecule has 0 unspecified atom stereocenters. The van der Waals surface area contributed by atoms with Crippen molar-refractivity contribution in [2.24, 2.45) is 11.8 Å². The molecule has 0 bridgehead atoms. The van der Waals surface area contributed by atoms with E-state index in [9.17, 15) is 27.5 Å². The molecule has 0 spiro atoms. The summed E-state index contributed by atoms with van der Waals surface area (Å²) in [5, 5.41) is 9.28. The molecule has 37 heavy (non-hydrogen) atoms. The lowest BCUT2D eigenvalue weighted by Crippen LogP contribution is -2.14. The van der Waals surface area contributed by atoms with Crippen molar-refractivity contribution in [2.75, 3.05) is 0 Å². The monoisotopic (exact) mass is 514 g/mol. The molecule has 0 aliphatic heterocycles. The molecule has 1 aliphatic rings. The Morgan fingerprint density at radius 3 is 2.00 bits per heavy atom. The quantitative estimate of drug-likeness (QED) is 0.185. The number of aryl methyl sites for hydroxylation is 1. The molecule has 3 aromatic carbocycles. The number of halogens is 5. The summed E-state index contributed by atoms with van der Waals surface area (Å²) in [6.45, 7) is 3.82. The molecule has 3 aromatic rings. The van der Waals surface area contributed by atoms with Crippen LogP contribution in [0.4, 0.5) is 22.0 Å². The van der Waals surface area contributed by atoms with Crippen molar-refractivity contribution in [1.29, 1.82) is 0 Å². The third kappa shape index (κ3) is 5.76. The van der Waals surface area contributed by atoms with E-state index in [1.165, 1.54) is 25.7 Å². The topological polar surface area (TPSA) is 37.3 Å². The maximum atomic E-state index is 15.3. The number of carboxylic acid groups (broad SMARTS) is 1. The van der Waals surface area contributed by atoms with Gasteiger partial charge in [-0.1, -0.05) is 43.2 Å². The Morgan fingerprint density at radius 1 is 0.838 bits per heavy atom. The molecule has 1 saturated carbocycles. The number of hydrogen-bond acceptors (Lipinski definition) is 1. The van der Waals surface area contributed by atoms with Crippen molar-refractivity contribution in [3.8, 4) is 22.3 Å². The predicted molar refractivity (Wildman–Crippen MR) is 133 cm³/mol. The van der Waals surface area contributed by atoms with Crippen LogP contribution < -0.4 is 0 Å². The number of allylic oxidation sites excluding steroid dienone is 1. The molecule has 0 saturated heterocycles. The van der Waals surface area contributed by atoms with Gasteiger partial charge >= 0.3 is 5.97 Å². The number of carboxylic acids is 1. The number of hydrogen-bond donors (Lipinski definition) is 1. The highest BCUT2D eigenvalue weighted by Crippen LogP contribution is 2.39. The molecule has 4 rings (SSSR count). The fraction of sp³-hybridized carbons (Fsp3) is 0.300. The Morgan fingerprint density at radius 2 is 1.43 bits per heavy atom. The lowest BCUT2D eigenvalue weighted by Gasteiger charge is -2.27. The van der Waals surface area contributed by atoms with Gasteiger partial charge in [0.15, 0.2) is 17.5 Å². The van der Waals surface area contributed by atoms with E-state index in [2.05, 4.69) is 6.58 Å². The van der Waals surface area contributed by atoms with Crippen LogP contribution in [-0.4, -0.2) is 11.1 Å². The molecule has 1 aliphatic carbocycles. The summed E-state index contributed by atoms with van der Waals surface area (Å²) in [5.74, 6) is -8.23. The molecule has 0 radical (unpaired) electrons. The van der Waals surface area contributed by atoms with Gasteiger partial charge in [0.1, 0.15) is 17.2 Å². The molecule has 1 N–H and O–H groups in total. The average Bonchev–Trinajstić information content (AvgIpc) is 2.86. The van der Waals surface area contributed by atoms with E-state index < -0.39 is 51.7 Å². The molecular formula is C30H27F5O2. The SMILES string of the molecule is C=CC[C@H]1CC[C@H](CCc2ccc(-c3cc(F)c(C(=O)O)c(F)c3-c3cc(F)c(F)c(F)c3)cc2)CC1. The third-order valence-corrected chi connectivity index (χ3v) is 7.28. The molecule has 0 aromatic heterocycles. The van der Waals surface area contributed by atoms with E-state index in [4.69, 9.17) is 0 Å². The molecular weight excluding hydrogens is 487 g/mol. The summed E-state index contributed by atoms with van der Waals surface area (Å²) in [4.78, 5) is 11.5. The fourth-order valence-electron chi connectivity index (χ4n) is 5.24. The van der Waals surface area contributed by atoms with Crippen molar-refractivity contribution >= 4 is 5.97 Å². The van der Waals surface area contributed by atoms with Gasteiger partial charge in [0.2, 0.25) is 0 Å². The minimum Gasteiger partial charge on any atom is -0.477 e. The zero-order valence-corrected chi connectivity index (χ0v) is 20.2. The summed E-state index contributed by atoms with van der Waals surface area (Å²) in [5.41, 5.74) is -0.979. The van der Waals surface area contributed by atoms with E-state index in [1.54, 1.807) is 12.1 Å². The lowest BCUT2D eigenvalue weighted by molar-refractivity contribution is 0.0686. The van der Waals surface area contributed by atoms with Crippen LogP contribution in [0, 0.1) is 40.9 Å². The van der Waals surface area contributed by atoms with Crippen LogP contribution >= 0.6 is 0 Å². The van der Waals surface area contributed by atoms with E-state index in [-0.39, 0.29) is 5.56 Å². The summed E-state index contributed by atoms with van der Waals surface area (Å²) < 4.78 is 71.3. The van der Waals surface area contributed by atoms with Gasteiger partial charge in [0, 0.05) is 5.56 Å². The third-order valence-electron chi connectivity index (χ3n) is 7.28. The zero-order chi connectivity index (χ0) is 26.7. The molecule has 0 heterocycles. The Balaban J connectivity index is 1.63. The number of aromatic carboxylic acids is 1. The second-order valence-electron chi connectivity index (χ2n) is 9.68. The summed E-state index contributed by atoms with van der Waals surface area (Å²) in [7, 11) is 0. The predicted octanol–water partition coefficient (Wildman–Crippen LogP) is 8.73. The molecule has 0 amide bonds. The van der Waals surface area contributed by atoms with Gasteiger partial charge < -0.3 is 5.11 Å². The number of carbonyl (C=O) groups is 1. The Bertz CT molecular complexity index is 1290.